The number of hydrogen-bond acceptors (Lipinski definition) is 3. The molecule has 0 aliphatic rings. The lowest BCUT2D eigenvalue weighted by Gasteiger charge is -2.06. The first-order valence-electron chi connectivity index (χ1n) is 5.34. The number of aryl methyl sites for hydroxylation is 1. The molecule has 0 atom stereocenters. The van der Waals surface area contributed by atoms with E-state index in [4.69, 9.17) is 5.73 Å². The van der Waals surface area contributed by atoms with Crippen LogP contribution in [-0.2, 0) is 11.3 Å². The Morgan fingerprint density at radius 1 is 1.61 bits per heavy atom. The second-order valence-electron chi connectivity index (χ2n) is 3.80. The van der Waals surface area contributed by atoms with E-state index in [1.54, 1.807) is 17.7 Å². The van der Waals surface area contributed by atoms with Gasteiger partial charge in [0.25, 0.3) is 0 Å². The van der Waals surface area contributed by atoms with E-state index < -0.39 is 5.82 Å². The van der Waals surface area contributed by atoms with Gasteiger partial charge in [0.1, 0.15) is 5.82 Å². The molecule has 2 aromatic rings. The highest BCUT2D eigenvalue weighted by Crippen LogP contribution is 2.25. The molecule has 0 spiro atoms. The Bertz CT molecular complexity index is 611. The van der Waals surface area contributed by atoms with Gasteiger partial charge in [0.2, 0.25) is 11.9 Å². The highest BCUT2D eigenvalue weighted by Gasteiger charge is 2.12. The van der Waals surface area contributed by atoms with Crippen molar-refractivity contribution < 1.29 is 9.18 Å². The van der Waals surface area contributed by atoms with Crippen molar-refractivity contribution in [2.24, 2.45) is 0 Å². The summed E-state index contributed by atoms with van der Waals surface area (Å²) in [5, 5.41) is 2.53. The predicted molar refractivity (Wildman–Crippen MR) is 70.5 cm³/mol. The SMILES string of the molecule is CNC(=O)CCn1c(N)nc2cc(F)c(Br)cc21. The number of carbonyl (C=O) groups is 1. The van der Waals surface area contributed by atoms with Crippen molar-refractivity contribution >= 4 is 38.8 Å². The molecule has 0 saturated heterocycles. The van der Waals surface area contributed by atoms with E-state index >= 15 is 0 Å². The van der Waals surface area contributed by atoms with Gasteiger partial charge in [-0.05, 0) is 22.0 Å². The molecule has 0 bridgehead atoms. The monoisotopic (exact) mass is 314 g/mol. The molecule has 5 nitrogen and oxygen atoms in total. The number of carbonyl (C=O) groups excluding carboxylic acids is 1. The Morgan fingerprint density at radius 3 is 3.00 bits per heavy atom. The van der Waals surface area contributed by atoms with Crippen LogP contribution in [-0.4, -0.2) is 22.5 Å². The standard InChI is InChI=1S/C11H12BrFN4O/c1-15-10(18)2-3-17-9-4-6(12)7(13)5-8(9)16-11(17)14/h4-5H,2-3H2,1H3,(H2,14,16)(H,15,18). The molecule has 0 aliphatic carbocycles. The summed E-state index contributed by atoms with van der Waals surface area (Å²) in [5.74, 6) is -0.206. The predicted octanol–water partition coefficient (Wildman–Crippen LogP) is 1.66. The minimum atomic E-state index is -0.390. The molecule has 18 heavy (non-hydrogen) atoms. The number of hydrogen-bond donors (Lipinski definition) is 2. The van der Waals surface area contributed by atoms with E-state index in [1.165, 1.54) is 6.07 Å². The zero-order valence-electron chi connectivity index (χ0n) is 9.70. The molecule has 0 radical (unpaired) electrons. The molecule has 1 amide bonds. The van der Waals surface area contributed by atoms with Crippen LogP contribution in [0.3, 0.4) is 0 Å². The Labute approximate surface area is 111 Å². The first-order chi connectivity index (χ1) is 8.52. The fraction of sp³-hybridized carbons (Fsp3) is 0.273. The molecular weight excluding hydrogens is 303 g/mol. The van der Waals surface area contributed by atoms with Crippen LogP contribution in [0.4, 0.5) is 10.3 Å². The van der Waals surface area contributed by atoms with Gasteiger partial charge in [-0.2, -0.15) is 0 Å². The van der Waals surface area contributed by atoms with Crippen LogP contribution < -0.4 is 11.1 Å². The minimum Gasteiger partial charge on any atom is -0.369 e. The van der Waals surface area contributed by atoms with Crippen molar-refractivity contribution in [2.45, 2.75) is 13.0 Å². The summed E-state index contributed by atoms with van der Waals surface area (Å²) in [6.45, 7) is 0.403. The van der Waals surface area contributed by atoms with Crippen molar-refractivity contribution in [3.63, 3.8) is 0 Å². The summed E-state index contributed by atoms with van der Waals surface area (Å²) in [4.78, 5) is 15.3. The van der Waals surface area contributed by atoms with E-state index in [-0.39, 0.29) is 11.9 Å². The van der Waals surface area contributed by atoms with Gasteiger partial charge in [0.15, 0.2) is 0 Å². The van der Waals surface area contributed by atoms with Gasteiger partial charge in [0, 0.05) is 26.1 Å². The number of aromatic nitrogens is 2. The van der Waals surface area contributed by atoms with Gasteiger partial charge in [0.05, 0.1) is 15.5 Å². The third-order valence-corrected chi connectivity index (χ3v) is 3.27. The lowest BCUT2D eigenvalue weighted by Crippen LogP contribution is -2.19. The van der Waals surface area contributed by atoms with E-state index in [1.807, 2.05) is 0 Å². The minimum absolute atomic E-state index is 0.0857. The third kappa shape index (κ3) is 2.31. The third-order valence-electron chi connectivity index (χ3n) is 2.66. The molecule has 1 aromatic carbocycles. The van der Waals surface area contributed by atoms with E-state index in [2.05, 4.69) is 26.2 Å². The van der Waals surface area contributed by atoms with Crippen molar-refractivity contribution in [3.05, 3.63) is 22.4 Å². The lowest BCUT2D eigenvalue weighted by molar-refractivity contribution is -0.120. The lowest BCUT2D eigenvalue weighted by atomic mass is 10.3. The molecule has 2 rings (SSSR count). The summed E-state index contributed by atoms with van der Waals surface area (Å²) >= 11 is 3.12. The highest BCUT2D eigenvalue weighted by molar-refractivity contribution is 9.10. The second-order valence-corrected chi connectivity index (χ2v) is 4.65. The first kappa shape index (κ1) is 12.8. The largest absolute Gasteiger partial charge is 0.369 e. The van der Waals surface area contributed by atoms with Gasteiger partial charge in [-0.3, -0.25) is 4.79 Å². The van der Waals surface area contributed by atoms with Crippen LogP contribution in [0.5, 0.6) is 0 Å². The molecule has 0 aliphatic heterocycles. The second kappa shape index (κ2) is 4.93. The fourth-order valence-corrected chi connectivity index (χ4v) is 2.04. The number of nitrogens with two attached hydrogens (primary N) is 1. The Balaban J connectivity index is 2.40. The van der Waals surface area contributed by atoms with Crippen molar-refractivity contribution in [3.8, 4) is 0 Å². The van der Waals surface area contributed by atoms with E-state index in [9.17, 15) is 9.18 Å². The van der Waals surface area contributed by atoms with E-state index in [0.29, 0.717) is 28.5 Å². The van der Waals surface area contributed by atoms with Crippen LogP contribution >= 0.6 is 15.9 Å². The number of rotatable bonds is 3. The summed E-state index contributed by atoms with van der Waals surface area (Å²) in [7, 11) is 1.57. The number of amides is 1. The maximum Gasteiger partial charge on any atom is 0.221 e. The van der Waals surface area contributed by atoms with Gasteiger partial charge in [-0.15, -0.1) is 0 Å². The van der Waals surface area contributed by atoms with Gasteiger partial charge >= 0.3 is 0 Å². The summed E-state index contributed by atoms with van der Waals surface area (Å²) in [6.07, 6.45) is 0.293. The van der Waals surface area contributed by atoms with Crippen molar-refractivity contribution in [1.82, 2.24) is 14.9 Å². The van der Waals surface area contributed by atoms with Crippen LogP contribution in [0.25, 0.3) is 11.0 Å². The average molecular weight is 315 g/mol. The molecule has 0 fully saturated rings. The van der Waals surface area contributed by atoms with Gasteiger partial charge < -0.3 is 15.6 Å². The number of anilines is 1. The molecule has 96 valence electrons. The maximum atomic E-state index is 13.4. The summed E-state index contributed by atoms with van der Waals surface area (Å²) in [6, 6.07) is 2.92. The number of fused-ring (bicyclic) bond motifs is 1. The number of benzene rings is 1. The molecule has 0 unspecified atom stereocenters. The normalized spacial score (nSPS) is 10.8. The zero-order valence-corrected chi connectivity index (χ0v) is 11.3. The Hall–Kier alpha value is -1.63. The van der Waals surface area contributed by atoms with Gasteiger partial charge in [-0.1, -0.05) is 0 Å². The topological polar surface area (TPSA) is 72.9 Å². The molecule has 3 N–H and O–H groups in total. The number of nitrogens with one attached hydrogen (secondary N) is 1. The molecule has 0 saturated carbocycles. The van der Waals surface area contributed by atoms with E-state index in [0.717, 1.165) is 0 Å². The highest BCUT2D eigenvalue weighted by atomic mass is 79.9. The molecule has 7 heteroatoms. The summed E-state index contributed by atoms with van der Waals surface area (Å²) < 4.78 is 15.4. The van der Waals surface area contributed by atoms with Crippen LogP contribution in [0.1, 0.15) is 6.42 Å². The molecule has 1 heterocycles. The maximum absolute atomic E-state index is 13.4. The van der Waals surface area contributed by atoms with Crippen LogP contribution in [0.15, 0.2) is 16.6 Å². The smallest absolute Gasteiger partial charge is 0.221 e. The molecule has 1 aromatic heterocycles. The number of imidazole rings is 1. The Morgan fingerprint density at radius 2 is 2.33 bits per heavy atom. The van der Waals surface area contributed by atoms with Crippen LogP contribution in [0.2, 0.25) is 0 Å². The number of nitrogen functional groups attached to an aromatic ring is 1. The van der Waals surface area contributed by atoms with Crippen molar-refractivity contribution in [1.29, 1.82) is 0 Å². The fourth-order valence-electron chi connectivity index (χ4n) is 1.71. The quantitative estimate of drug-likeness (QED) is 0.905. The Kier molecular flexibility index (Phi) is 3.51. The van der Waals surface area contributed by atoms with Crippen LogP contribution in [0, 0.1) is 5.82 Å². The average Bonchev–Trinajstić information content (AvgIpc) is 2.62. The van der Waals surface area contributed by atoms with Gasteiger partial charge in [-0.25, -0.2) is 9.37 Å². The number of halogens is 2. The zero-order chi connectivity index (χ0) is 13.3. The number of nitrogens with zero attached hydrogens (tertiary/aromatic N) is 2. The van der Waals surface area contributed by atoms with Crippen molar-refractivity contribution in [2.75, 3.05) is 12.8 Å². The first-order valence-corrected chi connectivity index (χ1v) is 6.13. The molecular formula is C11H12BrFN4O. The summed E-state index contributed by atoms with van der Waals surface area (Å²) in [5.41, 5.74) is 6.94.